The van der Waals surface area contributed by atoms with Gasteiger partial charge in [0.25, 0.3) is 0 Å². The van der Waals surface area contributed by atoms with Gasteiger partial charge >= 0.3 is 0 Å². The second-order valence-electron chi connectivity index (χ2n) is 4.03. The number of nitrogens with two attached hydrogens (primary N) is 1. The van der Waals surface area contributed by atoms with E-state index in [-0.39, 0.29) is 0 Å². The van der Waals surface area contributed by atoms with E-state index in [1.165, 1.54) is 0 Å². The lowest BCUT2D eigenvalue weighted by atomic mass is 10.3. The van der Waals surface area contributed by atoms with Gasteiger partial charge in [0, 0.05) is 11.7 Å². The lowest BCUT2D eigenvalue weighted by molar-refractivity contribution is 0.321. The largest absolute Gasteiger partial charge is 0.370 e. The van der Waals surface area contributed by atoms with Crippen molar-refractivity contribution < 1.29 is 0 Å². The highest BCUT2D eigenvalue weighted by atomic mass is 15.1. The molecule has 0 aliphatic rings. The molecule has 3 N–H and O–H groups in total. The molecule has 0 aliphatic heterocycles. The summed E-state index contributed by atoms with van der Waals surface area (Å²) in [5.41, 5.74) is 6.73. The standard InChI is InChI=1S/C12H20N4/c1-10(16(2)3)9-14-12(13)15-11-7-5-4-6-8-11/h4-8,10H,9H2,1-3H3,(H3,13,14,15). The van der Waals surface area contributed by atoms with Gasteiger partial charge in [0.15, 0.2) is 5.96 Å². The molecule has 16 heavy (non-hydrogen) atoms. The van der Waals surface area contributed by atoms with Crippen molar-refractivity contribution >= 4 is 11.6 Å². The van der Waals surface area contributed by atoms with Crippen LogP contribution in [0.5, 0.6) is 0 Å². The first-order valence-corrected chi connectivity index (χ1v) is 5.38. The molecule has 0 spiro atoms. The van der Waals surface area contributed by atoms with Gasteiger partial charge in [-0.1, -0.05) is 18.2 Å². The maximum atomic E-state index is 5.77. The average molecular weight is 220 g/mol. The van der Waals surface area contributed by atoms with Crippen LogP contribution in [0, 0.1) is 0 Å². The van der Waals surface area contributed by atoms with Crippen molar-refractivity contribution in [1.29, 1.82) is 0 Å². The first-order valence-electron chi connectivity index (χ1n) is 5.38. The number of para-hydroxylation sites is 1. The van der Waals surface area contributed by atoms with Gasteiger partial charge in [0.1, 0.15) is 0 Å². The molecule has 1 aromatic carbocycles. The number of nitrogens with one attached hydrogen (secondary N) is 1. The zero-order valence-electron chi connectivity index (χ0n) is 10.1. The molecular formula is C12H20N4. The van der Waals surface area contributed by atoms with Crippen molar-refractivity contribution in [1.82, 2.24) is 4.90 Å². The Balaban J connectivity index is 2.46. The fourth-order valence-electron chi connectivity index (χ4n) is 1.10. The summed E-state index contributed by atoms with van der Waals surface area (Å²) in [5, 5.41) is 3.05. The first-order chi connectivity index (χ1) is 7.59. The minimum Gasteiger partial charge on any atom is -0.370 e. The van der Waals surface area contributed by atoms with Crippen LogP contribution in [0.15, 0.2) is 35.3 Å². The molecule has 1 aromatic rings. The predicted molar refractivity (Wildman–Crippen MR) is 69.7 cm³/mol. The summed E-state index contributed by atoms with van der Waals surface area (Å²) in [6.07, 6.45) is 0. The number of anilines is 1. The normalized spacial score (nSPS) is 13.9. The Morgan fingerprint density at radius 1 is 1.38 bits per heavy atom. The summed E-state index contributed by atoms with van der Waals surface area (Å²) < 4.78 is 0. The first kappa shape index (κ1) is 12.5. The van der Waals surface area contributed by atoms with Crippen molar-refractivity contribution in [2.75, 3.05) is 26.0 Å². The Morgan fingerprint density at radius 3 is 2.56 bits per heavy atom. The van der Waals surface area contributed by atoms with Crippen LogP contribution < -0.4 is 11.1 Å². The minimum absolute atomic E-state index is 0.385. The Labute approximate surface area is 97.2 Å². The Bertz CT molecular complexity index is 332. The van der Waals surface area contributed by atoms with Crippen molar-refractivity contribution in [3.8, 4) is 0 Å². The highest BCUT2D eigenvalue weighted by Crippen LogP contribution is 2.03. The summed E-state index contributed by atoms with van der Waals surface area (Å²) in [6.45, 7) is 2.80. The molecule has 0 aromatic heterocycles. The molecule has 0 heterocycles. The van der Waals surface area contributed by atoms with Gasteiger partial charge in [-0.3, -0.25) is 4.99 Å². The third-order valence-electron chi connectivity index (χ3n) is 2.45. The van der Waals surface area contributed by atoms with Crippen LogP contribution in [0.3, 0.4) is 0 Å². The fraction of sp³-hybridized carbons (Fsp3) is 0.417. The molecule has 1 rings (SSSR count). The lowest BCUT2D eigenvalue weighted by Gasteiger charge is -2.17. The van der Waals surface area contributed by atoms with Crippen LogP contribution in [0.4, 0.5) is 5.69 Å². The van der Waals surface area contributed by atoms with Crippen molar-refractivity contribution in [3.63, 3.8) is 0 Å². The van der Waals surface area contributed by atoms with E-state index in [0.29, 0.717) is 18.5 Å². The molecule has 0 aliphatic carbocycles. The maximum Gasteiger partial charge on any atom is 0.193 e. The molecule has 1 atom stereocenters. The predicted octanol–water partition coefficient (Wildman–Crippen LogP) is 1.36. The van der Waals surface area contributed by atoms with E-state index in [1.807, 2.05) is 44.4 Å². The van der Waals surface area contributed by atoms with Crippen LogP contribution in [0.25, 0.3) is 0 Å². The smallest absolute Gasteiger partial charge is 0.193 e. The molecule has 0 fully saturated rings. The Hall–Kier alpha value is -1.55. The van der Waals surface area contributed by atoms with Crippen LogP contribution in [0.1, 0.15) is 6.92 Å². The van der Waals surface area contributed by atoms with Gasteiger partial charge in [-0.15, -0.1) is 0 Å². The third-order valence-corrected chi connectivity index (χ3v) is 2.45. The SMILES string of the molecule is CC(CN=C(N)Nc1ccccc1)N(C)C. The quantitative estimate of drug-likeness (QED) is 0.595. The second kappa shape index (κ2) is 6.12. The van der Waals surface area contributed by atoms with Crippen LogP contribution in [-0.4, -0.2) is 37.5 Å². The second-order valence-corrected chi connectivity index (χ2v) is 4.03. The number of aliphatic imine (C=N–C) groups is 1. The van der Waals surface area contributed by atoms with E-state index in [0.717, 1.165) is 5.69 Å². The third kappa shape index (κ3) is 4.31. The van der Waals surface area contributed by atoms with E-state index in [1.54, 1.807) is 0 Å². The minimum atomic E-state index is 0.385. The molecule has 0 saturated heterocycles. The summed E-state index contributed by atoms with van der Waals surface area (Å²) in [4.78, 5) is 6.39. The van der Waals surface area contributed by atoms with Crippen LogP contribution in [0.2, 0.25) is 0 Å². The fourth-order valence-corrected chi connectivity index (χ4v) is 1.10. The number of hydrogen-bond acceptors (Lipinski definition) is 2. The molecule has 88 valence electrons. The van der Waals surface area contributed by atoms with E-state index < -0.39 is 0 Å². The van der Waals surface area contributed by atoms with Crippen molar-refractivity contribution in [3.05, 3.63) is 30.3 Å². The highest BCUT2D eigenvalue weighted by Gasteiger charge is 2.02. The number of benzene rings is 1. The molecule has 0 saturated carbocycles. The van der Waals surface area contributed by atoms with E-state index >= 15 is 0 Å². The van der Waals surface area contributed by atoms with E-state index in [9.17, 15) is 0 Å². The molecule has 4 nitrogen and oxygen atoms in total. The number of hydrogen-bond donors (Lipinski definition) is 2. The monoisotopic (exact) mass is 220 g/mol. The topological polar surface area (TPSA) is 53.6 Å². The van der Waals surface area contributed by atoms with Gasteiger partial charge in [-0.2, -0.15) is 0 Å². The molecule has 0 bridgehead atoms. The number of nitrogens with zero attached hydrogens (tertiary/aromatic N) is 2. The molecule has 0 amide bonds. The number of rotatable bonds is 4. The van der Waals surface area contributed by atoms with Crippen molar-refractivity contribution in [2.24, 2.45) is 10.7 Å². The molecular weight excluding hydrogens is 200 g/mol. The van der Waals surface area contributed by atoms with Gasteiger partial charge in [0.05, 0.1) is 6.54 Å². The van der Waals surface area contributed by atoms with Crippen molar-refractivity contribution in [2.45, 2.75) is 13.0 Å². The molecule has 1 unspecified atom stereocenters. The number of likely N-dealkylation sites (N-methyl/N-ethyl adjacent to an activating group) is 1. The van der Waals surface area contributed by atoms with E-state index in [4.69, 9.17) is 5.73 Å². The number of guanidine groups is 1. The van der Waals surface area contributed by atoms with Gasteiger partial charge in [0.2, 0.25) is 0 Å². The molecule has 4 heteroatoms. The summed E-state index contributed by atoms with van der Waals surface area (Å²) in [5.74, 6) is 0.458. The Kier molecular flexibility index (Phi) is 4.79. The summed E-state index contributed by atoms with van der Waals surface area (Å²) in [6, 6.07) is 10.2. The van der Waals surface area contributed by atoms with E-state index in [2.05, 4.69) is 22.1 Å². The van der Waals surface area contributed by atoms with Gasteiger partial charge in [-0.25, -0.2) is 0 Å². The van der Waals surface area contributed by atoms with Gasteiger partial charge < -0.3 is 16.0 Å². The van der Waals surface area contributed by atoms with Crippen LogP contribution in [-0.2, 0) is 0 Å². The summed E-state index contributed by atoms with van der Waals surface area (Å²) >= 11 is 0. The zero-order chi connectivity index (χ0) is 12.0. The maximum absolute atomic E-state index is 5.77. The zero-order valence-corrected chi connectivity index (χ0v) is 10.1. The summed E-state index contributed by atoms with van der Waals surface area (Å²) in [7, 11) is 4.06. The van der Waals surface area contributed by atoms with Gasteiger partial charge in [-0.05, 0) is 33.2 Å². The lowest BCUT2D eigenvalue weighted by Crippen LogP contribution is -2.30. The highest BCUT2D eigenvalue weighted by molar-refractivity contribution is 5.92. The molecule has 0 radical (unpaired) electrons. The average Bonchev–Trinajstić information content (AvgIpc) is 2.27. The van der Waals surface area contributed by atoms with Crippen LogP contribution >= 0.6 is 0 Å². The Morgan fingerprint density at radius 2 is 2.00 bits per heavy atom.